The molecule has 0 unspecified atom stereocenters. The number of pyridine rings is 1. The molecule has 0 aliphatic carbocycles. The first-order valence-corrected chi connectivity index (χ1v) is 9.47. The van der Waals surface area contributed by atoms with Crippen LogP contribution in [0.1, 0.15) is 42.6 Å². The summed E-state index contributed by atoms with van der Waals surface area (Å²) in [5.41, 5.74) is 1.44. The lowest BCUT2D eigenvalue weighted by molar-refractivity contribution is -0.384. The third-order valence-electron chi connectivity index (χ3n) is 4.60. The second-order valence-corrected chi connectivity index (χ2v) is 7.19. The fraction of sp³-hybridized carbons (Fsp3) is 0.400. The van der Waals surface area contributed by atoms with Crippen LogP contribution in [0.25, 0.3) is 0 Å². The Hall–Kier alpha value is -3.16. The van der Waals surface area contributed by atoms with E-state index in [0.29, 0.717) is 12.2 Å². The summed E-state index contributed by atoms with van der Waals surface area (Å²) in [6.45, 7) is 6.16. The maximum atomic E-state index is 12.1. The van der Waals surface area contributed by atoms with E-state index in [2.05, 4.69) is 20.5 Å². The first-order chi connectivity index (χ1) is 13.4. The molecule has 1 aliphatic heterocycles. The summed E-state index contributed by atoms with van der Waals surface area (Å²) in [4.78, 5) is 29.8. The van der Waals surface area contributed by atoms with Crippen LogP contribution >= 0.6 is 0 Å². The number of nitrogens with one attached hydrogen (secondary N) is 2. The minimum Gasteiger partial charge on any atom is -0.375 e. The van der Waals surface area contributed by atoms with E-state index in [9.17, 15) is 14.9 Å². The Bertz CT molecular complexity index is 845. The van der Waals surface area contributed by atoms with Crippen LogP contribution < -0.4 is 15.5 Å². The third kappa shape index (κ3) is 4.76. The van der Waals surface area contributed by atoms with Gasteiger partial charge < -0.3 is 15.5 Å². The molecule has 1 aromatic heterocycles. The first-order valence-electron chi connectivity index (χ1n) is 9.47. The van der Waals surface area contributed by atoms with E-state index in [1.807, 2.05) is 26.0 Å². The van der Waals surface area contributed by atoms with E-state index >= 15 is 0 Å². The molecular formula is C20H25N5O3. The van der Waals surface area contributed by atoms with Crippen molar-refractivity contribution in [2.75, 3.05) is 23.3 Å². The highest BCUT2D eigenvalue weighted by Crippen LogP contribution is 2.26. The van der Waals surface area contributed by atoms with Crippen molar-refractivity contribution in [2.24, 2.45) is 0 Å². The van der Waals surface area contributed by atoms with Gasteiger partial charge in [0.25, 0.3) is 11.6 Å². The van der Waals surface area contributed by atoms with Gasteiger partial charge in [0.05, 0.1) is 4.92 Å². The number of carbonyl (C=O) groups excluding carboxylic acids is 1. The highest BCUT2D eigenvalue weighted by Gasteiger charge is 2.18. The molecule has 0 atom stereocenters. The summed E-state index contributed by atoms with van der Waals surface area (Å²) in [7, 11) is 0. The number of hydrogen-bond acceptors (Lipinski definition) is 6. The van der Waals surface area contributed by atoms with Gasteiger partial charge in [0.15, 0.2) is 0 Å². The lowest BCUT2D eigenvalue weighted by Crippen LogP contribution is -2.30. The van der Waals surface area contributed by atoms with Crippen LogP contribution in [0.5, 0.6) is 0 Å². The molecule has 8 nitrogen and oxygen atoms in total. The zero-order chi connectivity index (χ0) is 20.1. The highest BCUT2D eigenvalue weighted by atomic mass is 16.6. The number of anilines is 2. The van der Waals surface area contributed by atoms with Crippen molar-refractivity contribution in [1.82, 2.24) is 10.3 Å². The second kappa shape index (κ2) is 8.69. The standard InChI is InChI=1S/C20H25N5O3/c1-14(2)23-20(26)16-6-7-17(18(11-16)25(27)28)21-12-15-5-8-19(22-13-15)24-9-3-4-10-24/h5-8,11,13-14,21H,3-4,9-10,12H2,1-2H3,(H,23,26). The van der Waals surface area contributed by atoms with Crippen LogP contribution in [0.3, 0.4) is 0 Å². The highest BCUT2D eigenvalue weighted by molar-refractivity contribution is 5.95. The molecule has 8 heteroatoms. The number of hydrogen-bond donors (Lipinski definition) is 2. The first kappa shape index (κ1) is 19.6. The van der Waals surface area contributed by atoms with Crippen LogP contribution in [0.2, 0.25) is 0 Å². The van der Waals surface area contributed by atoms with Crippen molar-refractivity contribution in [2.45, 2.75) is 39.3 Å². The van der Waals surface area contributed by atoms with Crippen molar-refractivity contribution >= 4 is 23.1 Å². The fourth-order valence-corrected chi connectivity index (χ4v) is 3.17. The molecule has 3 rings (SSSR count). The molecule has 1 amide bonds. The van der Waals surface area contributed by atoms with Gasteiger partial charge in [-0.1, -0.05) is 6.07 Å². The molecule has 1 fully saturated rings. The van der Waals surface area contributed by atoms with E-state index in [1.165, 1.54) is 18.9 Å². The number of nitro groups is 1. The summed E-state index contributed by atoms with van der Waals surface area (Å²) < 4.78 is 0. The molecule has 2 aromatic rings. The van der Waals surface area contributed by atoms with Crippen molar-refractivity contribution in [3.05, 3.63) is 57.8 Å². The van der Waals surface area contributed by atoms with Gasteiger partial charge in [-0.2, -0.15) is 0 Å². The monoisotopic (exact) mass is 383 g/mol. The number of rotatable bonds is 7. The molecule has 1 aromatic carbocycles. The molecule has 0 bridgehead atoms. The minimum atomic E-state index is -0.483. The molecule has 1 aliphatic rings. The van der Waals surface area contributed by atoms with Crippen molar-refractivity contribution < 1.29 is 9.72 Å². The fourth-order valence-electron chi connectivity index (χ4n) is 3.17. The van der Waals surface area contributed by atoms with Gasteiger partial charge in [0.2, 0.25) is 0 Å². The Balaban J connectivity index is 1.69. The number of nitrogens with zero attached hydrogens (tertiary/aromatic N) is 3. The Morgan fingerprint density at radius 2 is 2.00 bits per heavy atom. The lowest BCUT2D eigenvalue weighted by atomic mass is 10.1. The lowest BCUT2D eigenvalue weighted by Gasteiger charge is -2.16. The van der Waals surface area contributed by atoms with Gasteiger partial charge in [-0.15, -0.1) is 0 Å². The van der Waals surface area contributed by atoms with E-state index in [-0.39, 0.29) is 23.2 Å². The summed E-state index contributed by atoms with van der Waals surface area (Å²) in [6, 6.07) is 8.37. The third-order valence-corrected chi connectivity index (χ3v) is 4.60. The molecule has 2 heterocycles. The van der Waals surface area contributed by atoms with E-state index in [0.717, 1.165) is 24.5 Å². The maximum absolute atomic E-state index is 12.1. The van der Waals surface area contributed by atoms with E-state index in [4.69, 9.17) is 0 Å². The number of carbonyl (C=O) groups is 1. The summed E-state index contributed by atoms with van der Waals surface area (Å²) in [5, 5.41) is 17.3. The van der Waals surface area contributed by atoms with Crippen molar-refractivity contribution in [1.29, 1.82) is 0 Å². The summed E-state index contributed by atoms with van der Waals surface area (Å²) in [6.07, 6.45) is 4.18. The Morgan fingerprint density at radius 1 is 1.25 bits per heavy atom. The van der Waals surface area contributed by atoms with Crippen LogP contribution in [-0.2, 0) is 6.54 Å². The van der Waals surface area contributed by atoms with Gasteiger partial charge in [-0.05, 0) is 50.5 Å². The zero-order valence-electron chi connectivity index (χ0n) is 16.1. The van der Waals surface area contributed by atoms with Gasteiger partial charge in [-0.3, -0.25) is 14.9 Å². The smallest absolute Gasteiger partial charge is 0.293 e. The molecule has 28 heavy (non-hydrogen) atoms. The predicted octanol–water partition coefficient (Wildman–Crippen LogP) is 3.34. The molecular weight excluding hydrogens is 358 g/mol. The number of benzene rings is 1. The van der Waals surface area contributed by atoms with Gasteiger partial charge >= 0.3 is 0 Å². The number of amides is 1. The average Bonchev–Trinajstić information content (AvgIpc) is 3.21. The number of aromatic nitrogens is 1. The topological polar surface area (TPSA) is 100 Å². The molecule has 0 saturated carbocycles. The van der Waals surface area contributed by atoms with Gasteiger partial charge in [0, 0.05) is 43.5 Å². The molecule has 2 N–H and O–H groups in total. The Morgan fingerprint density at radius 3 is 2.61 bits per heavy atom. The van der Waals surface area contributed by atoms with Crippen LogP contribution in [0, 0.1) is 10.1 Å². The van der Waals surface area contributed by atoms with Crippen molar-refractivity contribution in [3.8, 4) is 0 Å². The zero-order valence-corrected chi connectivity index (χ0v) is 16.1. The quantitative estimate of drug-likeness (QED) is 0.562. The number of nitro benzene ring substituents is 1. The Kier molecular flexibility index (Phi) is 6.08. The largest absolute Gasteiger partial charge is 0.375 e. The maximum Gasteiger partial charge on any atom is 0.293 e. The predicted molar refractivity (Wildman–Crippen MR) is 109 cm³/mol. The average molecular weight is 383 g/mol. The van der Waals surface area contributed by atoms with E-state index in [1.54, 1.807) is 18.3 Å². The normalized spacial score (nSPS) is 13.6. The van der Waals surface area contributed by atoms with Crippen LogP contribution in [-0.4, -0.2) is 34.9 Å². The molecule has 0 radical (unpaired) electrons. The van der Waals surface area contributed by atoms with Gasteiger partial charge in [-0.25, -0.2) is 4.98 Å². The summed E-state index contributed by atoms with van der Waals surface area (Å²) >= 11 is 0. The van der Waals surface area contributed by atoms with Crippen LogP contribution in [0.15, 0.2) is 36.5 Å². The molecule has 148 valence electrons. The van der Waals surface area contributed by atoms with E-state index < -0.39 is 4.92 Å². The molecule has 1 saturated heterocycles. The molecule has 0 spiro atoms. The summed E-state index contributed by atoms with van der Waals surface area (Å²) in [5.74, 6) is 0.638. The Labute approximate surface area is 164 Å². The van der Waals surface area contributed by atoms with Crippen LogP contribution in [0.4, 0.5) is 17.2 Å². The minimum absolute atomic E-state index is 0.0413. The van der Waals surface area contributed by atoms with Gasteiger partial charge in [0.1, 0.15) is 11.5 Å². The second-order valence-electron chi connectivity index (χ2n) is 7.19. The van der Waals surface area contributed by atoms with Crippen molar-refractivity contribution in [3.63, 3.8) is 0 Å². The SMILES string of the molecule is CC(C)NC(=O)c1ccc(NCc2ccc(N3CCCC3)nc2)c([N+](=O)[O-])c1.